The quantitative estimate of drug-likeness (QED) is 0.371. The van der Waals surface area contributed by atoms with Gasteiger partial charge in [-0.05, 0) is 20.8 Å². The van der Waals surface area contributed by atoms with E-state index in [0.717, 1.165) is 0 Å². The minimum Gasteiger partial charge on any atom is -0.465 e. The van der Waals surface area contributed by atoms with Gasteiger partial charge in [-0.1, -0.05) is 0 Å². The van der Waals surface area contributed by atoms with Crippen LogP contribution in [0.2, 0.25) is 0 Å². The van der Waals surface area contributed by atoms with Crippen LogP contribution in [0.1, 0.15) is 20.8 Å². The molecule has 0 N–H and O–H groups in total. The van der Waals surface area contributed by atoms with Gasteiger partial charge in [0.2, 0.25) is 0 Å². The van der Waals surface area contributed by atoms with Crippen molar-refractivity contribution in [2.45, 2.75) is 20.8 Å². The van der Waals surface area contributed by atoms with Crippen molar-refractivity contribution < 1.29 is 14.3 Å². The maximum Gasteiger partial charge on any atom is 0.319 e. The van der Waals surface area contributed by atoms with Crippen LogP contribution >= 0.6 is 0 Å². The van der Waals surface area contributed by atoms with Crippen LogP contribution < -0.4 is 0 Å². The monoisotopic (exact) mass is 251 g/mol. The molecule has 98 valence electrons. The first-order valence-corrected chi connectivity index (χ1v) is 5.56. The minimum atomic E-state index is -1.26. The Morgan fingerprint density at radius 1 is 1.22 bits per heavy atom. The molecular weight excluding hydrogens is 234 g/mol. The molecule has 6 heteroatoms. The molecule has 0 amide bonds. The molecule has 0 radical (unpaired) electrons. The van der Waals surface area contributed by atoms with Crippen LogP contribution in [0.15, 0.2) is 0 Å². The highest BCUT2D eigenvalue weighted by molar-refractivity contribution is 6.03. The Morgan fingerprint density at radius 2 is 1.72 bits per heavy atom. The van der Waals surface area contributed by atoms with Crippen LogP contribution in [-0.4, -0.2) is 42.9 Å². The Labute approximate surface area is 107 Å². The summed E-state index contributed by atoms with van der Waals surface area (Å²) in [6.07, 6.45) is 0. The molecule has 0 aliphatic heterocycles. The first-order chi connectivity index (χ1) is 8.39. The molecule has 0 spiro atoms. The Balaban J connectivity index is 4.68. The lowest BCUT2D eigenvalue weighted by Crippen LogP contribution is -2.42. The van der Waals surface area contributed by atoms with E-state index >= 15 is 0 Å². The molecule has 0 rings (SSSR count). The highest BCUT2D eigenvalue weighted by Gasteiger charge is 2.37. The molecule has 0 aliphatic rings. The molecule has 0 saturated carbocycles. The van der Waals surface area contributed by atoms with Crippen molar-refractivity contribution >= 4 is 11.8 Å². The van der Waals surface area contributed by atoms with Crippen LogP contribution in [0.5, 0.6) is 0 Å². The summed E-state index contributed by atoms with van der Waals surface area (Å²) in [4.78, 5) is 25.0. The number of ketones is 1. The van der Waals surface area contributed by atoms with E-state index in [2.05, 4.69) is 0 Å². The Bertz CT molecular complexity index is 374. The van der Waals surface area contributed by atoms with Gasteiger partial charge in [0, 0.05) is 0 Å². The van der Waals surface area contributed by atoms with Crippen molar-refractivity contribution in [2.75, 3.05) is 26.2 Å². The third-order valence-electron chi connectivity index (χ3n) is 2.44. The van der Waals surface area contributed by atoms with E-state index < -0.39 is 11.4 Å². The molecule has 0 heterocycles. The Morgan fingerprint density at radius 3 is 2.11 bits per heavy atom. The number of esters is 1. The zero-order chi connectivity index (χ0) is 14.2. The second kappa shape index (κ2) is 7.41. The van der Waals surface area contributed by atoms with Gasteiger partial charge in [-0.3, -0.25) is 14.5 Å². The predicted octanol–water partition coefficient (Wildman–Crippen LogP) is 0.494. The standard InChI is InChI=1S/C12H17N3O3/c1-4-18-11(17)12(2,3)10(16)9-15(7-5-13)8-6-14/h4,7-9H2,1-3H3. The first-order valence-electron chi connectivity index (χ1n) is 5.56. The highest BCUT2D eigenvalue weighted by atomic mass is 16.5. The number of carbonyl (C=O) groups is 2. The summed E-state index contributed by atoms with van der Waals surface area (Å²) in [5, 5.41) is 17.1. The lowest BCUT2D eigenvalue weighted by molar-refractivity contribution is -0.158. The number of Topliss-reactive ketones (excluding diaryl/α,β-unsaturated/α-hetero) is 1. The molecule has 0 saturated heterocycles. The maximum absolute atomic E-state index is 12.0. The number of carbonyl (C=O) groups excluding carboxylic acids is 2. The van der Waals surface area contributed by atoms with E-state index in [1.807, 2.05) is 12.1 Å². The molecule has 0 aliphatic carbocycles. The smallest absolute Gasteiger partial charge is 0.319 e. The van der Waals surface area contributed by atoms with E-state index in [9.17, 15) is 9.59 Å². The van der Waals surface area contributed by atoms with E-state index in [4.69, 9.17) is 15.3 Å². The third-order valence-corrected chi connectivity index (χ3v) is 2.44. The molecule has 0 aromatic carbocycles. The normalized spacial score (nSPS) is 10.6. The number of nitrogens with zero attached hydrogens (tertiary/aromatic N) is 3. The molecule has 0 unspecified atom stereocenters. The largest absolute Gasteiger partial charge is 0.465 e. The predicted molar refractivity (Wildman–Crippen MR) is 63.1 cm³/mol. The van der Waals surface area contributed by atoms with Gasteiger partial charge in [0.1, 0.15) is 5.41 Å². The van der Waals surface area contributed by atoms with Gasteiger partial charge in [0.15, 0.2) is 5.78 Å². The maximum atomic E-state index is 12.0. The summed E-state index contributed by atoms with van der Waals surface area (Å²) < 4.78 is 4.82. The van der Waals surface area contributed by atoms with Crippen LogP contribution in [0.4, 0.5) is 0 Å². The molecule has 0 fully saturated rings. The number of hydrogen-bond acceptors (Lipinski definition) is 6. The minimum absolute atomic E-state index is 0.0296. The lowest BCUT2D eigenvalue weighted by Gasteiger charge is -2.23. The molecule has 0 bridgehead atoms. The Hall–Kier alpha value is -1.92. The zero-order valence-corrected chi connectivity index (χ0v) is 10.9. The molecule has 6 nitrogen and oxygen atoms in total. The fourth-order valence-corrected chi connectivity index (χ4v) is 1.19. The summed E-state index contributed by atoms with van der Waals surface area (Å²) in [6.45, 7) is 4.64. The zero-order valence-electron chi connectivity index (χ0n) is 10.9. The molecule has 18 heavy (non-hydrogen) atoms. The fourth-order valence-electron chi connectivity index (χ4n) is 1.19. The van der Waals surface area contributed by atoms with Gasteiger partial charge in [0.05, 0.1) is 38.4 Å². The van der Waals surface area contributed by atoms with Crippen molar-refractivity contribution in [1.82, 2.24) is 4.90 Å². The van der Waals surface area contributed by atoms with Crippen molar-refractivity contribution in [1.29, 1.82) is 10.5 Å². The van der Waals surface area contributed by atoms with Crippen LogP contribution in [0.25, 0.3) is 0 Å². The van der Waals surface area contributed by atoms with Gasteiger partial charge in [-0.2, -0.15) is 10.5 Å². The van der Waals surface area contributed by atoms with Crippen molar-refractivity contribution in [2.24, 2.45) is 5.41 Å². The number of hydrogen-bond donors (Lipinski definition) is 0. The number of nitriles is 2. The van der Waals surface area contributed by atoms with Crippen LogP contribution in [-0.2, 0) is 14.3 Å². The van der Waals surface area contributed by atoms with E-state index in [1.54, 1.807) is 6.92 Å². The van der Waals surface area contributed by atoms with Gasteiger partial charge in [-0.25, -0.2) is 0 Å². The summed E-state index contributed by atoms with van der Waals surface area (Å²) in [5.74, 6) is -0.963. The fraction of sp³-hybridized carbons (Fsp3) is 0.667. The molecular formula is C12H17N3O3. The van der Waals surface area contributed by atoms with Gasteiger partial charge in [0.25, 0.3) is 0 Å². The lowest BCUT2D eigenvalue weighted by atomic mass is 9.88. The van der Waals surface area contributed by atoms with Gasteiger partial charge >= 0.3 is 5.97 Å². The SMILES string of the molecule is CCOC(=O)C(C)(C)C(=O)CN(CC#N)CC#N. The van der Waals surface area contributed by atoms with Gasteiger partial charge < -0.3 is 4.74 Å². The molecule has 0 aromatic rings. The first kappa shape index (κ1) is 16.1. The Kier molecular flexibility index (Phi) is 6.62. The van der Waals surface area contributed by atoms with E-state index in [-0.39, 0.29) is 32.0 Å². The third kappa shape index (κ3) is 4.52. The summed E-state index contributed by atoms with van der Waals surface area (Å²) in [5.41, 5.74) is -1.26. The van der Waals surface area contributed by atoms with E-state index in [0.29, 0.717) is 0 Å². The number of rotatable bonds is 7. The summed E-state index contributed by atoms with van der Waals surface area (Å²) in [7, 11) is 0. The second-order valence-electron chi connectivity index (χ2n) is 4.23. The van der Waals surface area contributed by atoms with E-state index in [1.165, 1.54) is 18.7 Å². The van der Waals surface area contributed by atoms with Crippen molar-refractivity contribution in [3.8, 4) is 12.1 Å². The summed E-state index contributed by atoms with van der Waals surface area (Å²) >= 11 is 0. The van der Waals surface area contributed by atoms with Crippen LogP contribution in [0, 0.1) is 28.1 Å². The average Bonchev–Trinajstić information content (AvgIpc) is 2.29. The second-order valence-corrected chi connectivity index (χ2v) is 4.23. The molecule has 0 aromatic heterocycles. The topological polar surface area (TPSA) is 94.2 Å². The summed E-state index contributed by atoms with van der Waals surface area (Å²) in [6, 6.07) is 3.74. The molecule has 0 atom stereocenters. The van der Waals surface area contributed by atoms with Gasteiger partial charge in [-0.15, -0.1) is 0 Å². The average molecular weight is 251 g/mol. The van der Waals surface area contributed by atoms with Crippen molar-refractivity contribution in [3.63, 3.8) is 0 Å². The van der Waals surface area contributed by atoms with Crippen LogP contribution in [0.3, 0.4) is 0 Å². The van der Waals surface area contributed by atoms with Crippen molar-refractivity contribution in [3.05, 3.63) is 0 Å². The highest BCUT2D eigenvalue weighted by Crippen LogP contribution is 2.19. The number of ether oxygens (including phenoxy) is 1.